The Labute approximate surface area is 165 Å². The number of hydrazine groups is 1. The highest BCUT2D eigenvalue weighted by molar-refractivity contribution is 5.94. The molecular weight excluding hydrogens is 352 g/mol. The molecule has 28 heavy (non-hydrogen) atoms. The maximum Gasteiger partial charge on any atom is 0.265 e. The Kier molecular flexibility index (Phi) is 6.78. The summed E-state index contributed by atoms with van der Waals surface area (Å²) in [6.07, 6.45) is 0.893. The topological polar surface area (TPSA) is 73.6 Å². The smallest absolute Gasteiger partial charge is 0.265 e. The number of methoxy groups -OCH3 is 1. The van der Waals surface area contributed by atoms with E-state index < -0.39 is 0 Å². The number of nitrogen functional groups attached to an aromatic ring is 1. The number of hydrogen-bond acceptors (Lipinski definition) is 4. The first kappa shape index (κ1) is 19.6. The van der Waals surface area contributed by atoms with Crippen molar-refractivity contribution >= 4 is 5.91 Å². The van der Waals surface area contributed by atoms with Crippen LogP contribution in [0.3, 0.4) is 0 Å². The van der Waals surface area contributed by atoms with Gasteiger partial charge in [0, 0.05) is 12.7 Å². The number of carbonyl (C=O) groups excluding carboxylic acids is 1. The van der Waals surface area contributed by atoms with Gasteiger partial charge in [0.2, 0.25) is 0 Å². The average molecular weight is 376 g/mol. The molecule has 0 saturated heterocycles. The van der Waals surface area contributed by atoms with E-state index in [2.05, 4.69) is 23.6 Å². The summed E-state index contributed by atoms with van der Waals surface area (Å²) in [6.45, 7) is 1.20. The molecule has 0 atom stereocenters. The summed E-state index contributed by atoms with van der Waals surface area (Å²) in [4.78, 5) is 11.5. The molecule has 0 aliphatic heterocycles. The summed E-state index contributed by atoms with van der Waals surface area (Å²) >= 11 is 0. The largest absolute Gasteiger partial charge is 0.489 e. The lowest BCUT2D eigenvalue weighted by molar-refractivity contribution is 0.0953. The van der Waals surface area contributed by atoms with Crippen LogP contribution in [-0.4, -0.2) is 19.6 Å². The number of rotatable bonds is 8. The number of hydrogen-bond donors (Lipinski definition) is 2. The van der Waals surface area contributed by atoms with Crippen LogP contribution in [0, 0.1) is 0 Å². The fraction of sp³-hybridized carbons (Fsp3) is 0.174. The van der Waals surface area contributed by atoms with Gasteiger partial charge >= 0.3 is 0 Å². The van der Waals surface area contributed by atoms with Crippen LogP contribution in [-0.2, 0) is 17.8 Å². The SMILES string of the molecule is COCCc1ccc(OCc2cccc(-c3ccc(C(=O)NN)cc3)c2)cc1. The zero-order valence-electron chi connectivity index (χ0n) is 15.9. The van der Waals surface area contributed by atoms with Crippen LogP contribution >= 0.6 is 0 Å². The predicted octanol–water partition coefficient (Wildman–Crippen LogP) is 3.73. The summed E-state index contributed by atoms with van der Waals surface area (Å²) in [5.41, 5.74) is 7.05. The van der Waals surface area contributed by atoms with Crippen molar-refractivity contribution in [3.63, 3.8) is 0 Å². The number of nitrogens with two attached hydrogens (primary N) is 1. The molecule has 5 heteroatoms. The normalized spacial score (nSPS) is 10.5. The van der Waals surface area contributed by atoms with Gasteiger partial charge in [-0.3, -0.25) is 10.2 Å². The monoisotopic (exact) mass is 376 g/mol. The third kappa shape index (κ3) is 5.19. The minimum atomic E-state index is -0.304. The lowest BCUT2D eigenvalue weighted by Gasteiger charge is -2.09. The molecule has 0 heterocycles. The second kappa shape index (κ2) is 9.69. The molecule has 0 bridgehead atoms. The van der Waals surface area contributed by atoms with Gasteiger partial charge in [-0.15, -0.1) is 0 Å². The van der Waals surface area contributed by atoms with Crippen molar-refractivity contribution in [2.24, 2.45) is 5.84 Å². The Morgan fingerprint density at radius 2 is 1.68 bits per heavy atom. The van der Waals surface area contributed by atoms with Gasteiger partial charge in [0.05, 0.1) is 6.61 Å². The molecule has 0 aliphatic carbocycles. The van der Waals surface area contributed by atoms with E-state index in [9.17, 15) is 4.79 Å². The number of carbonyl (C=O) groups is 1. The van der Waals surface area contributed by atoms with Gasteiger partial charge in [-0.25, -0.2) is 5.84 Å². The molecule has 0 fully saturated rings. The Morgan fingerprint density at radius 3 is 2.36 bits per heavy atom. The molecule has 0 saturated carbocycles. The van der Waals surface area contributed by atoms with Crippen molar-refractivity contribution in [2.75, 3.05) is 13.7 Å². The van der Waals surface area contributed by atoms with Gasteiger partial charge in [0.15, 0.2) is 0 Å². The van der Waals surface area contributed by atoms with Gasteiger partial charge in [-0.05, 0) is 59.0 Å². The summed E-state index contributed by atoms with van der Waals surface area (Å²) in [7, 11) is 1.71. The quantitative estimate of drug-likeness (QED) is 0.357. The molecule has 3 aromatic rings. The highest BCUT2D eigenvalue weighted by Crippen LogP contribution is 2.22. The van der Waals surface area contributed by atoms with Crippen LogP contribution in [0.5, 0.6) is 5.75 Å². The lowest BCUT2D eigenvalue weighted by atomic mass is 10.0. The lowest BCUT2D eigenvalue weighted by Crippen LogP contribution is -2.29. The van der Waals surface area contributed by atoms with Crippen molar-refractivity contribution < 1.29 is 14.3 Å². The molecule has 0 unspecified atom stereocenters. The molecule has 3 rings (SSSR count). The van der Waals surface area contributed by atoms with E-state index in [0.717, 1.165) is 28.9 Å². The Morgan fingerprint density at radius 1 is 0.929 bits per heavy atom. The highest BCUT2D eigenvalue weighted by Gasteiger charge is 2.05. The minimum absolute atomic E-state index is 0.304. The number of benzene rings is 3. The van der Waals surface area contributed by atoms with E-state index in [4.69, 9.17) is 15.3 Å². The third-order valence-electron chi connectivity index (χ3n) is 4.46. The van der Waals surface area contributed by atoms with Gasteiger partial charge in [0.25, 0.3) is 5.91 Å². The molecule has 5 nitrogen and oxygen atoms in total. The molecule has 0 aliphatic rings. The van der Waals surface area contributed by atoms with E-state index in [1.54, 1.807) is 19.2 Å². The Balaban J connectivity index is 1.64. The maximum absolute atomic E-state index is 11.5. The molecule has 3 aromatic carbocycles. The molecule has 0 radical (unpaired) electrons. The Bertz CT molecular complexity index is 906. The summed E-state index contributed by atoms with van der Waals surface area (Å²) in [5, 5.41) is 0. The average Bonchev–Trinajstić information content (AvgIpc) is 2.76. The second-order valence-corrected chi connectivity index (χ2v) is 6.43. The van der Waals surface area contributed by atoms with Gasteiger partial charge in [-0.2, -0.15) is 0 Å². The van der Waals surface area contributed by atoms with Crippen molar-refractivity contribution in [2.45, 2.75) is 13.0 Å². The first-order valence-electron chi connectivity index (χ1n) is 9.10. The van der Waals surface area contributed by atoms with Gasteiger partial charge in [0.1, 0.15) is 12.4 Å². The second-order valence-electron chi connectivity index (χ2n) is 6.43. The summed E-state index contributed by atoms with van der Waals surface area (Å²) in [6, 6.07) is 23.6. The number of ether oxygens (including phenoxy) is 2. The van der Waals surface area contributed by atoms with Crippen LogP contribution in [0.25, 0.3) is 11.1 Å². The first-order valence-corrected chi connectivity index (χ1v) is 9.10. The van der Waals surface area contributed by atoms with E-state index in [0.29, 0.717) is 18.8 Å². The predicted molar refractivity (Wildman–Crippen MR) is 110 cm³/mol. The van der Waals surface area contributed by atoms with Crippen LogP contribution in [0.1, 0.15) is 21.5 Å². The van der Waals surface area contributed by atoms with Crippen molar-refractivity contribution in [3.05, 3.63) is 89.5 Å². The van der Waals surface area contributed by atoms with Crippen molar-refractivity contribution in [1.29, 1.82) is 0 Å². The van der Waals surface area contributed by atoms with Crippen molar-refractivity contribution in [1.82, 2.24) is 5.43 Å². The van der Waals surface area contributed by atoms with Crippen LogP contribution in [0.4, 0.5) is 0 Å². The summed E-state index contributed by atoms with van der Waals surface area (Å²) < 4.78 is 11.0. The van der Waals surface area contributed by atoms with Crippen LogP contribution < -0.4 is 16.0 Å². The van der Waals surface area contributed by atoms with Crippen LogP contribution in [0.15, 0.2) is 72.8 Å². The molecular formula is C23H24N2O3. The standard InChI is InChI=1S/C23H24N2O3/c1-27-14-13-17-5-11-22(12-6-17)28-16-18-3-2-4-21(15-18)19-7-9-20(10-8-19)23(26)25-24/h2-12,15H,13-14,16,24H2,1H3,(H,25,26). The Hall–Kier alpha value is -3.15. The zero-order valence-corrected chi connectivity index (χ0v) is 15.9. The van der Waals surface area contributed by atoms with E-state index in [1.165, 1.54) is 5.56 Å². The van der Waals surface area contributed by atoms with E-state index in [-0.39, 0.29) is 5.91 Å². The van der Waals surface area contributed by atoms with Gasteiger partial charge < -0.3 is 9.47 Å². The maximum atomic E-state index is 11.5. The zero-order chi connectivity index (χ0) is 19.8. The number of amides is 1. The van der Waals surface area contributed by atoms with Gasteiger partial charge in [-0.1, -0.05) is 42.5 Å². The molecule has 144 valence electrons. The van der Waals surface area contributed by atoms with E-state index in [1.807, 2.05) is 42.5 Å². The summed E-state index contributed by atoms with van der Waals surface area (Å²) in [5.74, 6) is 5.70. The molecule has 0 spiro atoms. The molecule has 0 aromatic heterocycles. The van der Waals surface area contributed by atoms with Crippen molar-refractivity contribution in [3.8, 4) is 16.9 Å². The number of nitrogens with one attached hydrogen (secondary N) is 1. The minimum Gasteiger partial charge on any atom is -0.489 e. The van der Waals surface area contributed by atoms with Crippen LogP contribution in [0.2, 0.25) is 0 Å². The molecule has 3 N–H and O–H groups in total. The fourth-order valence-corrected chi connectivity index (χ4v) is 2.88. The molecule has 1 amide bonds. The third-order valence-corrected chi connectivity index (χ3v) is 4.46. The highest BCUT2D eigenvalue weighted by atomic mass is 16.5. The first-order chi connectivity index (χ1) is 13.7. The fourth-order valence-electron chi connectivity index (χ4n) is 2.88. The van der Waals surface area contributed by atoms with E-state index >= 15 is 0 Å².